The van der Waals surface area contributed by atoms with Gasteiger partial charge in [-0.05, 0) is 26.0 Å². The van der Waals surface area contributed by atoms with Crippen LogP contribution in [0.5, 0.6) is 11.5 Å². The molecule has 2 aromatic rings. The number of thioether (sulfide) groups is 1. The quantitative estimate of drug-likeness (QED) is 0.0329. The number of carbonyl (C=O) groups excluding carboxylic acids is 6. The number of phenols is 2. The van der Waals surface area contributed by atoms with Gasteiger partial charge >= 0.3 is 17.8 Å². The first-order valence-electron chi connectivity index (χ1n) is 14.2. The Kier molecular flexibility index (Phi) is 9.49. The molecule has 8 N–H and O–H groups in total. The number of anilines is 1. The summed E-state index contributed by atoms with van der Waals surface area (Å²) in [5.74, 6) is -11.2. The molecule has 1 aromatic heterocycles. The number of piperazine rings is 1. The fourth-order valence-corrected chi connectivity index (χ4v) is 7.32. The number of aromatic hydroxyl groups is 2. The lowest BCUT2D eigenvalue weighted by Crippen LogP contribution is -2.69. The second-order valence-electron chi connectivity index (χ2n) is 11.5. The van der Waals surface area contributed by atoms with E-state index in [0.29, 0.717) is 21.7 Å². The highest BCUT2D eigenvalue weighted by Gasteiger charge is 2.66. The number of carbonyl (C=O) groups is 8. The number of hydrazine groups is 1. The van der Waals surface area contributed by atoms with Crippen LogP contribution in [0.4, 0.5) is 5.13 Å². The zero-order valence-electron chi connectivity index (χ0n) is 26.0. The summed E-state index contributed by atoms with van der Waals surface area (Å²) in [4.78, 5) is 111. The molecule has 2 unspecified atom stereocenters. The number of β-lactam (4-membered cyclic amide) rings is 1. The number of oxime groups is 1. The van der Waals surface area contributed by atoms with Crippen molar-refractivity contribution < 1.29 is 63.6 Å². The highest BCUT2D eigenvalue weighted by Crippen LogP contribution is 2.49. The van der Waals surface area contributed by atoms with E-state index in [9.17, 15) is 58.8 Å². The maximum Gasteiger partial charge on any atom is 0.350 e. The van der Waals surface area contributed by atoms with Gasteiger partial charge in [0.15, 0.2) is 22.3 Å². The van der Waals surface area contributed by atoms with E-state index in [4.69, 9.17) is 22.2 Å². The van der Waals surface area contributed by atoms with Crippen molar-refractivity contribution in [1.82, 2.24) is 30.5 Å². The van der Waals surface area contributed by atoms with Gasteiger partial charge in [0.25, 0.3) is 17.6 Å². The van der Waals surface area contributed by atoms with Gasteiger partial charge in [0.05, 0.1) is 17.1 Å². The predicted octanol–water partition coefficient (Wildman–Crippen LogP) is -1.86. The maximum atomic E-state index is 13.3. The fourth-order valence-electron chi connectivity index (χ4n) is 4.89. The van der Waals surface area contributed by atoms with E-state index in [1.807, 2.05) is 5.43 Å². The summed E-state index contributed by atoms with van der Waals surface area (Å²) in [6, 6.07) is 0.459. The van der Waals surface area contributed by atoms with Crippen molar-refractivity contribution in [2.24, 2.45) is 5.16 Å². The Morgan fingerprint density at radius 3 is 2.39 bits per heavy atom. The summed E-state index contributed by atoms with van der Waals surface area (Å²) in [6.07, 6.45) is 0. The Balaban J connectivity index is 1.30. The molecule has 0 bridgehead atoms. The van der Waals surface area contributed by atoms with E-state index >= 15 is 0 Å². The number of benzene rings is 1. The summed E-state index contributed by atoms with van der Waals surface area (Å²) < 4.78 is 0. The van der Waals surface area contributed by atoms with Crippen LogP contribution in [0.3, 0.4) is 0 Å². The molecule has 1 aromatic carbocycles. The first kappa shape index (κ1) is 36.6. The number of hydrogen-bond acceptors (Lipinski definition) is 16. The molecule has 0 radical (unpaired) electrons. The van der Waals surface area contributed by atoms with Crippen LogP contribution in [-0.4, -0.2) is 135 Å². The maximum absolute atomic E-state index is 13.3. The van der Waals surface area contributed by atoms with Crippen molar-refractivity contribution in [2.75, 3.05) is 25.4 Å². The fraction of sp³-hybridized carbons (Fsp3) is 0.333. The molecule has 51 heavy (non-hydrogen) atoms. The zero-order valence-corrected chi connectivity index (χ0v) is 28.4. The molecule has 0 spiro atoms. The van der Waals surface area contributed by atoms with E-state index in [1.165, 1.54) is 5.38 Å². The van der Waals surface area contributed by atoms with Crippen LogP contribution in [-0.2, 0) is 38.4 Å². The van der Waals surface area contributed by atoms with Gasteiger partial charge in [0.1, 0.15) is 30.2 Å². The smallest absolute Gasteiger partial charge is 0.350 e. The molecule has 21 nitrogen and oxygen atoms in total. The van der Waals surface area contributed by atoms with Crippen molar-refractivity contribution >= 4 is 92.8 Å². The highest BCUT2D eigenvalue weighted by atomic mass is 35.5. The van der Waals surface area contributed by atoms with Crippen molar-refractivity contribution in [3.63, 3.8) is 0 Å². The van der Waals surface area contributed by atoms with Crippen molar-refractivity contribution in [3.8, 4) is 11.5 Å². The van der Waals surface area contributed by atoms with Crippen LogP contribution in [0.15, 0.2) is 22.7 Å². The van der Waals surface area contributed by atoms with Gasteiger partial charge in [0, 0.05) is 5.38 Å². The Hall–Kier alpha value is -5.68. The molecule has 5 rings (SSSR count). The lowest BCUT2D eigenvalue weighted by molar-refractivity contribution is -0.165. The van der Waals surface area contributed by atoms with E-state index < -0.39 is 117 Å². The minimum atomic E-state index is -2.23. The Bertz CT molecular complexity index is 1950. The lowest BCUT2D eigenvalue weighted by Gasteiger charge is -2.41. The van der Waals surface area contributed by atoms with Crippen molar-refractivity contribution in [2.45, 2.75) is 35.7 Å². The molecular formula is C27H25ClN8O13S2. The number of phenolic OH excluding ortho intramolecular Hbond substituents is 2. The van der Waals surface area contributed by atoms with Crippen LogP contribution >= 0.6 is 34.7 Å². The number of nitrogens with zero attached hydrogens (tertiary/aromatic N) is 5. The van der Waals surface area contributed by atoms with Crippen LogP contribution in [0.1, 0.15) is 29.9 Å². The largest absolute Gasteiger partial charge is 0.504 e. The summed E-state index contributed by atoms with van der Waals surface area (Å²) in [7, 11) is 0. The van der Waals surface area contributed by atoms with Gasteiger partial charge in [-0.25, -0.2) is 19.6 Å². The highest BCUT2D eigenvalue weighted by molar-refractivity contribution is 8.02. The van der Waals surface area contributed by atoms with Crippen LogP contribution in [0, 0.1) is 0 Å². The summed E-state index contributed by atoms with van der Waals surface area (Å²) >= 11 is 7.34. The number of aromatic nitrogens is 1. The standard InChI is InChI=1S/C27H25ClN8O13S2/c1-26(2,23(45)46)49-33-15(10-7-50-25(29)30-10)19(42)31-16-21(44)34-8-27(24(47)48,51-22(16)34)35-5-13(39)36(6-12(35)38)32-20(43)17(40)9-3-4-11(37)18(41)14(9)28/h3-4,7,16,22,37,41H,5-6,8H2,1-2H3,(H2,29,30)(H,31,42)(H,32,43)(H,45,46)(H,47,48)/b33-15-/t16?,22-,27?/m1/s1. The number of Topliss-reactive ketones (excluding diaryl/α,β-unsaturated/α-hetero) is 1. The molecule has 3 saturated heterocycles. The van der Waals surface area contributed by atoms with Gasteiger partial charge in [-0.15, -0.1) is 11.3 Å². The second-order valence-corrected chi connectivity index (χ2v) is 14.1. The van der Waals surface area contributed by atoms with E-state index in [0.717, 1.165) is 42.2 Å². The molecular weight excluding hydrogens is 744 g/mol. The third-order valence-electron chi connectivity index (χ3n) is 7.73. The Morgan fingerprint density at radius 2 is 1.78 bits per heavy atom. The third-order valence-corrected chi connectivity index (χ3v) is 10.5. The second kappa shape index (κ2) is 13.2. The number of nitrogen functional groups attached to an aromatic ring is 1. The zero-order chi connectivity index (χ0) is 37.7. The molecule has 3 aliphatic rings. The van der Waals surface area contributed by atoms with E-state index in [-0.39, 0.29) is 10.8 Å². The van der Waals surface area contributed by atoms with E-state index in [2.05, 4.69) is 15.5 Å². The number of fused-ring (bicyclic) bond motifs is 1. The van der Waals surface area contributed by atoms with Crippen LogP contribution in [0.25, 0.3) is 0 Å². The van der Waals surface area contributed by atoms with Crippen LogP contribution in [0.2, 0.25) is 5.02 Å². The normalized spacial score (nSPS) is 21.9. The molecule has 3 aliphatic heterocycles. The number of aliphatic carboxylic acids is 2. The van der Waals surface area contributed by atoms with E-state index in [1.54, 1.807) is 0 Å². The monoisotopic (exact) mass is 768 g/mol. The minimum Gasteiger partial charge on any atom is -0.504 e. The molecule has 3 atom stereocenters. The van der Waals surface area contributed by atoms with Gasteiger partial charge in [-0.3, -0.25) is 34.2 Å². The van der Waals surface area contributed by atoms with Gasteiger partial charge < -0.3 is 46.1 Å². The SMILES string of the molecule is CC(C)(O/N=C(\C(=O)NC1C(=O)N2CC(C(=O)O)(N3CC(=O)N(NC(=O)C(=O)c4ccc(O)c(O)c4Cl)CC3=O)S[C@H]12)c1csc(N)n1)C(=O)O. The molecule has 5 amide bonds. The minimum absolute atomic E-state index is 0.0268. The number of hydrogen-bond donors (Lipinski definition) is 7. The number of amides is 5. The molecule has 4 heterocycles. The van der Waals surface area contributed by atoms with Crippen molar-refractivity contribution in [1.29, 1.82) is 0 Å². The molecule has 0 aliphatic carbocycles. The number of nitrogens with two attached hydrogens (primary N) is 1. The summed E-state index contributed by atoms with van der Waals surface area (Å²) in [5.41, 5.74) is 4.54. The molecule has 0 saturated carbocycles. The number of nitrogens with one attached hydrogen (secondary N) is 2. The number of ketones is 1. The Morgan fingerprint density at radius 1 is 1.10 bits per heavy atom. The van der Waals surface area contributed by atoms with Gasteiger partial charge in [-0.2, -0.15) is 0 Å². The predicted molar refractivity (Wildman–Crippen MR) is 172 cm³/mol. The number of thiazole rings is 1. The third kappa shape index (κ3) is 6.52. The number of halogens is 1. The molecule has 3 fully saturated rings. The van der Waals surface area contributed by atoms with Gasteiger partial charge in [-0.1, -0.05) is 28.5 Å². The number of carboxylic acids is 2. The lowest BCUT2D eigenvalue weighted by atomic mass is 10.0. The average molecular weight is 769 g/mol. The number of carboxylic acid groups (broad SMARTS) is 2. The average Bonchev–Trinajstić information content (AvgIpc) is 3.66. The molecule has 24 heteroatoms. The number of rotatable bonds is 11. The molecule has 270 valence electrons. The summed E-state index contributed by atoms with van der Waals surface area (Å²) in [6.45, 7) is -0.119. The van der Waals surface area contributed by atoms with Crippen molar-refractivity contribution in [3.05, 3.63) is 33.8 Å². The van der Waals surface area contributed by atoms with Crippen LogP contribution < -0.4 is 16.5 Å². The first-order valence-corrected chi connectivity index (χ1v) is 16.3. The Labute approximate surface area is 297 Å². The topological polar surface area (TPSA) is 312 Å². The first-order chi connectivity index (χ1) is 23.8. The van der Waals surface area contributed by atoms with Gasteiger partial charge in [0.2, 0.25) is 22.3 Å². The summed E-state index contributed by atoms with van der Waals surface area (Å²) in [5, 5.41) is 45.1.